The van der Waals surface area contributed by atoms with Gasteiger partial charge in [-0.2, -0.15) is 0 Å². The molecule has 0 aliphatic heterocycles. The van der Waals surface area contributed by atoms with Gasteiger partial charge < -0.3 is 5.32 Å². The van der Waals surface area contributed by atoms with E-state index in [1.807, 2.05) is 12.1 Å². The Hall–Kier alpha value is -1.42. The van der Waals surface area contributed by atoms with Gasteiger partial charge in [0.15, 0.2) is 0 Å². The number of benzene rings is 1. The highest BCUT2D eigenvalue weighted by Gasteiger charge is 2.59. The zero-order valence-corrected chi connectivity index (χ0v) is 12.2. The molecule has 2 fully saturated rings. The fraction of sp³-hybridized carbons (Fsp3) is 0.556. The Bertz CT molecular complexity index is 532. The van der Waals surface area contributed by atoms with Gasteiger partial charge in [-0.1, -0.05) is 32.8 Å². The van der Waals surface area contributed by atoms with Crippen molar-refractivity contribution in [3.8, 4) is 12.3 Å². The van der Waals surface area contributed by atoms with Crippen molar-refractivity contribution < 1.29 is 0 Å². The van der Waals surface area contributed by atoms with Gasteiger partial charge in [0.1, 0.15) is 0 Å². The SMILES string of the molecule is C#Cc1cccc(NC2C3(C)CCC(C3)C2(C)C)c1. The van der Waals surface area contributed by atoms with E-state index >= 15 is 0 Å². The fourth-order valence-corrected chi connectivity index (χ4v) is 4.53. The maximum atomic E-state index is 5.49. The summed E-state index contributed by atoms with van der Waals surface area (Å²) in [7, 11) is 0. The summed E-state index contributed by atoms with van der Waals surface area (Å²) >= 11 is 0. The van der Waals surface area contributed by atoms with Crippen LogP contribution in [0, 0.1) is 29.1 Å². The third-order valence-corrected chi connectivity index (χ3v) is 5.61. The third kappa shape index (κ3) is 1.86. The Morgan fingerprint density at radius 2 is 2.11 bits per heavy atom. The second-order valence-corrected chi connectivity index (χ2v) is 7.22. The van der Waals surface area contributed by atoms with Crippen LogP contribution in [0.2, 0.25) is 0 Å². The summed E-state index contributed by atoms with van der Waals surface area (Å²) in [5, 5.41) is 3.78. The van der Waals surface area contributed by atoms with Crippen LogP contribution in [0.5, 0.6) is 0 Å². The first-order chi connectivity index (χ1) is 8.95. The van der Waals surface area contributed by atoms with E-state index in [0.29, 0.717) is 16.9 Å². The summed E-state index contributed by atoms with van der Waals surface area (Å²) in [6.45, 7) is 7.29. The van der Waals surface area contributed by atoms with Crippen LogP contribution in [-0.2, 0) is 0 Å². The minimum Gasteiger partial charge on any atom is -0.381 e. The van der Waals surface area contributed by atoms with Crippen LogP contribution in [0.3, 0.4) is 0 Å². The second-order valence-electron chi connectivity index (χ2n) is 7.22. The zero-order valence-electron chi connectivity index (χ0n) is 12.2. The number of rotatable bonds is 2. The van der Waals surface area contributed by atoms with Gasteiger partial charge in [0.2, 0.25) is 0 Å². The van der Waals surface area contributed by atoms with Crippen molar-refractivity contribution >= 4 is 5.69 Å². The van der Waals surface area contributed by atoms with Gasteiger partial charge in [-0.05, 0) is 54.2 Å². The van der Waals surface area contributed by atoms with Crippen LogP contribution in [0.15, 0.2) is 24.3 Å². The van der Waals surface area contributed by atoms with Gasteiger partial charge in [0.25, 0.3) is 0 Å². The molecule has 100 valence electrons. The van der Waals surface area contributed by atoms with Crippen LogP contribution in [0.25, 0.3) is 0 Å². The van der Waals surface area contributed by atoms with E-state index in [2.05, 4.69) is 44.1 Å². The lowest BCUT2D eigenvalue weighted by atomic mass is 9.68. The summed E-state index contributed by atoms with van der Waals surface area (Å²) < 4.78 is 0. The van der Waals surface area contributed by atoms with Gasteiger partial charge in [0.05, 0.1) is 0 Å². The Balaban J connectivity index is 1.88. The summed E-state index contributed by atoms with van der Waals surface area (Å²) in [4.78, 5) is 0. The molecular formula is C18H23N. The van der Waals surface area contributed by atoms with Crippen LogP contribution in [0.1, 0.15) is 45.6 Å². The number of nitrogens with one attached hydrogen (secondary N) is 1. The Labute approximate surface area is 116 Å². The van der Waals surface area contributed by atoms with E-state index in [9.17, 15) is 0 Å². The van der Waals surface area contributed by atoms with E-state index in [1.54, 1.807) is 0 Å². The van der Waals surface area contributed by atoms with Crippen molar-refractivity contribution in [3.63, 3.8) is 0 Å². The highest BCUT2D eigenvalue weighted by Crippen LogP contribution is 2.63. The Morgan fingerprint density at radius 1 is 1.32 bits per heavy atom. The first-order valence-electron chi connectivity index (χ1n) is 7.29. The standard InChI is InChI=1S/C18H23N/c1-5-13-7-6-8-15(11-13)19-16-17(2,3)14-9-10-18(16,4)12-14/h1,6-8,11,14,16,19H,9-10,12H2,2-4H3. The molecule has 1 N–H and O–H groups in total. The molecule has 0 saturated heterocycles. The monoisotopic (exact) mass is 253 g/mol. The highest BCUT2D eigenvalue weighted by atomic mass is 15.0. The average molecular weight is 253 g/mol. The molecule has 1 aromatic carbocycles. The van der Waals surface area contributed by atoms with Crippen molar-refractivity contribution in [2.75, 3.05) is 5.32 Å². The lowest BCUT2D eigenvalue weighted by molar-refractivity contribution is 0.155. The molecule has 0 heterocycles. The molecule has 1 aromatic rings. The molecule has 1 nitrogen and oxygen atoms in total. The van der Waals surface area contributed by atoms with Crippen molar-refractivity contribution in [1.82, 2.24) is 0 Å². The van der Waals surface area contributed by atoms with E-state index in [0.717, 1.165) is 11.5 Å². The zero-order chi connectivity index (χ0) is 13.7. The van der Waals surface area contributed by atoms with E-state index in [-0.39, 0.29) is 0 Å². The summed E-state index contributed by atoms with van der Waals surface area (Å²) in [5.74, 6) is 3.58. The maximum Gasteiger partial charge on any atom is 0.0368 e. The van der Waals surface area contributed by atoms with Crippen LogP contribution in [-0.4, -0.2) is 6.04 Å². The van der Waals surface area contributed by atoms with Crippen molar-refractivity contribution in [2.45, 2.75) is 46.1 Å². The first-order valence-corrected chi connectivity index (χ1v) is 7.29. The maximum absolute atomic E-state index is 5.49. The molecular weight excluding hydrogens is 230 g/mol. The molecule has 3 atom stereocenters. The van der Waals surface area contributed by atoms with Crippen molar-refractivity contribution in [2.24, 2.45) is 16.7 Å². The van der Waals surface area contributed by atoms with E-state index in [4.69, 9.17) is 6.42 Å². The van der Waals surface area contributed by atoms with Crippen LogP contribution < -0.4 is 5.32 Å². The molecule has 0 spiro atoms. The molecule has 3 rings (SSSR count). The molecule has 0 amide bonds. The molecule has 2 aliphatic rings. The van der Waals surface area contributed by atoms with E-state index in [1.165, 1.54) is 24.9 Å². The molecule has 0 radical (unpaired) electrons. The molecule has 2 saturated carbocycles. The number of hydrogen-bond acceptors (Lipinski definition) is 1. The minimum atomic E-state index is 0.374. The molecule has 0 aromatic heterocycles. The smallest absolute Gasteiger partial charge is 0.0368 e. The minimum absolute atomic E-state index is 0.374. The summed E-state index contributed by atoms with van der Waals surface area (Å²) in [6.07, 6.45) is 9.61. The predicted octanol–water partition coefficient (Wildman–Crippen LogP) is 4.29. The van der Waals surface area contributed by atoms with Gasteiger partial charge in [-0.15, -0.1) is 6.42 Å². The molecule has 1 heteroatoms. The van der Waals surface area contributed by atoms with E-state index < -0.39 is 0 Å². The topological polar surface area (TPSA) is 12.0 Å². The normalized spacial score (nSPS) is 35.1. The molecule has 2 aliphatic carbocycles. The van der Waals surface area contributed by atoms with Gasteiger partial charge in [-0.25, -0.2) is 0 Å². The van der Waals surface area contributed by atoms with Gasteiger partial charge in [-0.3, -0.25) is 0 Å². The molecule has 2 bridgehead atoms. The fourth-order valence-electron chi connectivity index (χ4n) is 4.53. The first kappa shape index (κ1) is 12.6. The third-order valence-electron chi connectivity index (χ3n) is 5.61. The second kappa shape index (κ2) is 4.04. The Kier molecular flexibility index (Phi) is 2.68. The highest BCUT2D eigenvalue weighted by molar-refractivity contribution is 5.51. The predicted molar refractivity (Wildman–Crippen MR) is 81.0 cm³/mol. The van der Waals surface area contributed by atoms with Crippen molar-refractivity contribution in [3.05, 3.63) is 29.8 Å². The largest absolute Gasteiger partial charge is 0.381 e. The van der Waals surface area contributed by atoms with Gasteiger partial charge in [0, 0.05) is 17.3 Å². The van der Waals surface area contributed by atoms with Gasteiger partial charge >= 0.3 is 0 Å². The quantitative estimate of drug-likeness (QED) is 0.775. The summed E-state index contributed by atoms with van der Waals surface area (Å²) in [6, 6.07) is 8.79. The Morgan fingerprint density at radius 3 is 2.74 bits per heavy atom. The number of terminal acetylenes is 1. The van der Waals surface area contributed by atoms with Crippen molar-refractivity contribution in [1.29, 1.82) is 0 Å². The lowest BCUT2D eigenvalue weighted by Crippen LogP contribution is -2.45. The lowest BCUT2D eigenvalue weighted by Gasteiger charge is -2.43. The average Bonchev–Trinajstić information content (AvgIpc) is 2.86. The number of fused-ring (bicyclic) bond motifs is 2. The molecule has 19 heavy (non-hydrogen) atoms. The number of hydrogen-bond donors (Lipinski definition) is 1. The molecule has 3 unspecified atom stereocenters. The summed E-state index contributed by atoms with van der Waals surface area (Å²) in [5.41, 5.74) is 2.94. The van der Waals surface area contributed by atoms with Crippen LogP contribution in [0.4, 0.5) is 5.69 Å². The van der Waals surface area contributed by atoms with Crippen LogP contribution >= 0.6 is 0 Å². The number of anilines is 1.